The molecule has 0 spiro atoms. The second kappa shape index (κ2) is 7.42. The van der Waals surface area contributed by atoms with Crippen molar-refractivity contribution in [3.63, 3.8) is 0 Å². The van der Waals surface area contributed by atoms with E-state index in [0.717, 1.165) is 37.5 Å². The highest BCUT2D eigenvalue weighted by Crippen LogP contribution is 2.35. The number of rotatable bonds is 4. The molecule has 4 aromatic rings. The number of halogens is 1. The lowest BCUT2D eigenvalue weighted by molar-refractivity contribution is 0.104. The standard InChI is InChI=1S/C24H20ClNOS/c1-14-8-11-22-19(12-14)16(3)24(28-22)23(27)18-10-9-17(13-20(18)25)26-21-7-5-4-6-15(21)2/h4-13,26H,1-3H3. The van der Waals surface area contributed by atoms with Crippen LogP contribution in [0.5, 0.6) is 0 Å². The summed E-state index contributed by atoms with van der Waals surface area (Å²) in [5.74, 6) is -0.0243. The van der Waals surface area contributed by atoms with E-state index in [9.17, 15) is 4.79 Å². The number of anilines is 2. The zero-order valence-corrected chi connectivity index (χ0v) is 17.5. The number of hydrogen-bond donors (Lipinski definition) is 1. The Labute approximate surface area is 173 Å². The number of thiophene rings is 1. The molecule has 0 fully saturated rings. The molecule has 0 bridgehead atoms. The topological polar surface area (TPSA) is 29.1 Å². The summed E-state index contributed by atoms with van der Waals surface area (Å²) < 4.78 is 1.13. The fourth-order valence-corrected chi connectivity index (χ4v) is 4.73. The minimum atomic E-state index is -0.0243. The van der Waals surface area contributed by atoms with Gasteiger partial charge >= 0.3 is 0 Å². The van der Waals surface area contributed by atoms with E-state index in [2.05, 4.69) is 30.4 Å². The van der Waals surface area contributed by atoms with E-state index in [1.807, 2.05) is 50.2 Å². The Bertz CT molecular complexity index is 1210. The van der Waals surface area contributed by atoms with Crippen LogP contribution in [0, 0.1) is 20.8 Å². The molecule has 0 aliphatic carbocycles. The number of fused-ring (bicyclic) bond motifs is 1. The predicted molar refractivity (Wildman–Crippen MR) is 121 cm³/mol. The SMILES string of the molecule is Cc1ccc2sc(C(=O)c3ccc(Nc4ccccc4C)cc3Cl)c(C)c2c1. The Hall–Kier alpha value is -2.62. The van der Waals surface area contributed by atoms with Gasteiger partial charge in [0.2, 0.25) is 5.78 Å². The van der Waals surface area contributed by atoms with E-state index in [1.165, 1.54) is 16.9 Å². The molecule has 140 valence electrons. The molecule has 28 heavy (non-hydrogen) atoms. The van der Waals surface area contributed by atoms with Crippen LogP contribution in [0.4, 0.5) is 11.4 Å². The molecule has 2 nitrogen and oxygen atoms in total. The molecule has 1 heterocycles. The van der Waals surface area contributed by atoms with Crippen molar-refractivity contribution in [2.24, 2.45) is 0 Å². The summed E-state index contributed by atoms with van der Waals surface area (Å²) in [5.41, 5.74) is 5.77. The zero-order chi connectivity index (χ0) is 19.8. The average molecular weight is 406 g/mol. The van der Waals surface area contributed by atoms with Crippen LogP contribution in [0.1, 0.15) is 31.9 Å². The van der Waals surface area contributed by atoms with Gasteiger partial charge < -0.3 is 5.32 Å². The van der Waals surface area contributed by atoms with Crippen LogP contribution in [0.3, 0.4) is 0 Å². The second-order valence-electron chi connectivity index (χ2n) is 7.02. The summed E-state index contributed by atoms with van der Waals surface area (Å²) in [4.78, 5) is 13.9. The van der Waals surface area contributed by atoms with Crippen molar-refractivity contribution in [2.45, 2.75) is 20.8 Å². The number of carbonyl (C=O) groups excluding carboxylic acids is 1. The van der Waals surface area contributed by atoms with Crippen molar-refractivity contribution in [1.82, 2.24) is 0 Å². The van der Waals surface area contributed by atoms with E-state index in [4.69, 9.17) is 11.6 Å². The Morgan fingerprint density at radius 3 is 2.50 bits per heavy atom. The van der Waals surface area contributed by atoms with Crippen molar-refractivity contribution in [3.05, 3.63) is 92.8 Å². The number of benzene rings is 3. The molecular formula is C24H20ClNOS. The highest BCUT2D eigenvalue weighted by Gasteiger charge is 2.19. The Morgan fingerprint density at radius 2 is 1.75 bits per heavy atom. The maximum atomic E-state index is 13.2. The zero-order valence-electron chi connectivity index (χ0n) is 16.0. The van der Waals surface area contributed by atoms with Gasteiger partial charge in [-0.2, -0.15) is 0 Å². The third kappa shape index (κ3) is 3.44. The van der Waals surface area contributed by atoms with Gasteiger partial charge in [-0.05, 0) is 67.6 Å². The first-order valence-corrected chi connectivity index (χ1v) is 10.3. The van der Waals surface area contributed by atoms with Crippen molar-refractivity contribution < 1.29 is 4.79 Å². The van der Waals surface area contributed by atoms with E-state index in [0.29, 0.717) is 10.6 Å². The number of hydrogen-bond acceptors (Lipinski definition) is 3. The first kappa shape index (κ1) is 18.7. The second-order valence-corrected chi connectivity index (χ2v) is 8.48. The van der Waals surface area contributed by atoms with Gasteiger partial charge in [-0.3, -0.25) is 4.79 Å². The summed E-state index contributed by atoms with van der Waals surface area (Å²) in [6.45, 7) is 6.12. The lowest BCUT2D eigenvalue weighted by Gasteiger charge is -2.11. The Kier molecular flexibility index (Phi) is 4.96. The van der Waals surface area contributed by atoms with Gasteiger partial charge in [0.15, 0.2) is 0 Å². The van der Waals surface area contributed by atoms with Crippen molar-refractivity contribution in [3.8, 4) is 0 Å². The molecule has 0 saturated carbocycles. The van der Waals surface area contributed by atoms with Crippen LogP contribution < -0.4 is 5.32 Å². The maximum absolute atomic E-state index is 13.2. The van der Waals surface area contributed by atoms with Crippen LogP contribution in [-0.2, 0) is 0 Å². The number of ketones is 1. The highest BCUT2D eigenvalue weighted by atomic mass is 35.5. The molecule has 0 aliphatic heterocycles. The average Bonchev–Trinajstić information content (AvgIpc) is 2.99. The third-order valence-electron chi connectivity index (χ3n) is 4.94. The van der Waals surface area contributed by atoms with Crippen LogP contribution >= 0.6 is 22.9 Å². The fraction of sp³-hybridized carbons (Fsp3) is 0.125. The molecule has 0 unspecified atom stereocenters. The van der Waals surface area contributed by atoms with E-state index < -0.39 is 0 Å². The van der Waals surface area contributed by atoms with Crippen LogP contribution in [0.25, 0.3) is 10.1 Å². The molecule has 1 aromatic heterocycles. The largest absolute Gasteiger partial charge is 0.355 e. The first-order chi connectivity index (χ1) is 13.4. The minimum Gasteiger partial charge on any atom is -0.355 e. The summed E-state index contributed by atoms with van der Waals surface area (Å²) >= 11 is 8.03. The van der Waals surface area contributed by atoms with Gasteiger partial charge in [-0.1, -0.05) is 47.5 Å². The molecule has 4 rings (SSSR count). The van der Waals surface area contributed by atoms with Gasteiger partial charge in [-0.15, -0.1) is 11.3 Å². The third-order valence-corrected chi connectivity index (χ3v) is 6.52. The Balaban J connectivity index is 1.67. The van der Waals surface area contributed by atoms with Gasteiger partial charge in [0.25, 0.3) is 0 Å². The normalized spacial score (nSPS) is 11.0. The van der Waals surface area contributed by atoms with Gasteiger partial charge in [0, 0.05) is 21.6 Å². The molecule has 4 heteroatoms. The number of carbonyl (C=O) groups is 1. The molecule has 0 atom stereocenters. The summed E-state index contributed by atoms with van der Waals surface area (Å²) in [6.07, 6.45) is 0. The molecule has 0 amide bonds. The van der Waals surface area contributed by atoms with Crippen molar-refractivity contribution in [1.29, 1.82) is 0 Å². The molecule has 0 aliphatic rings. The molecular weight excluding hydrogens is 386 g/mol. The van der Waals surface area contributed by atoms with Gasteiger partial charge in [-0.25, -0.2) is 0 Å². The van der Waals surface area contributed by atoms with Crippen LogP contribution in [-0.4, -0.2) is 5.78 Å². The van der Waals surface area contributed by atoms with Crippen molar-refractivity contribution >= 4 is 50.2 Å². The van der Waals surface area contributed by atoms with E-state index >= 15 is 0 Å². The fourth-order valence-electron chi connectivity index (χ4n) is 3.32. The molecule has 0 saturated heterocycles. The predicted octanol–water partition coefficient (Wildman–Crippen LogP) is 7.45. The smallest absolute Gasteiger partial charge is 0.204 e. The maximum Gasteiger partial charge on any atom is 0.204 e. The lowest BCUT2D eigenvalue weighted by Crippen LogP contribution is -2.02. The number of para-hydroxylation sites is 1. The van der Waals surface area contributed by atoms with Crippen LogP contribution in [0.2, 0.25) is 5.02 Å². The van der Waals surface area contributed by atoms with E-state index in [-0.39, 0.29) is 5.78 Å². The molecule has 1 N–H and O–H groups in total. The summed E-state index contributed by atoms with van der Waals surface area (Å²) in [5, 5.41) is 4.96. The Morgan fingerprint density at radius 1 is 0.964 bits per heavy atom. The summed E-state index contributed by atoms with van der Waals surface area (Å²) in [7, 11) is 0. The number of aryl methyl sites for hydroxylation is 3. The quantitative estimate of drug-likeness (QED) is 0.357. The van der Waals surface area contributed by atoms with Crippen LogP contribution in [0.15, 0.2) is 60.7 Å². The monoisotopic (exact) mass is 405 g/mol. The highest BCUT2D eigenvalue weighted by molar-refractivity contribution is 7.21. The lowest BCUT2D eigenvalue weighted by atomic mass is 10.0. The van der Waals surface area contributed by atoms with E-state index in [1.54, 1.807) is 6.07 Å². The minimum absolute atomic E-state index is 0.0243. The van der Waals surface area contributed by atoms with Crippen molar-refractivity contribution in [2.75, 3.05) is 5.32 Å². The van der Waals surface area contributed by atoms with Gasteiger partial charge in [0.05, 0.1) is 9.90 Å². The van der Waals surface area contributed by atoms with Gasteiger partial charge in [0.1, 0.15) is 0 Å². The molecule has 0 radical (unpaired) electrons. The number of nitrogens with one attached hydrogen (secondary N) is 1. The first-order valence-electron chi connectivity index (χ1n) is 9.10. The molecule has 3 aromatic carbocycles. The summed E-state index contributed by atoms with van der Waals surface area (Å²) in [6, 6.07) is 19.9.